The third-order valence-electron chi connectivity index (χ3n) is 2.78. The predicted molar refractivity (Wildman–Crippen MR) is 74.4 cm³/mol. The van der Waals surface area contributed by atoms with Gasteiger partial charge in [0.2, 0.25) is 4.27 Å². The maximum absolute atomic E-state index is 6.20. The average Bonchev–Trinajstić information content (AvgIpc) is 2.36. The maximum atomic E-state index is 6.20. The first-order chi connectivity index (χ1) is 7.79. The third-order valence-corrected chi connectivity index (χ3v) is 5.88. The summed E-state index contributed by atoms with van der Waals surface area (Å²) in [7, 11) is 0. The second-order valence-electron chi connectivity index (χ2n) is 3.95. The summed E-state index contributed by atoms with van der Waals surface area (Å²) in [5.74, 6) is 2.25. The Hall–Kier alpha value is -0.280. The Balaban J connectivity index is 2.15. The van der Waals surface area contributed by atoms with E-state index in [0.29, 0.717) is 0 Å². The summed E-state index contributed by atoms with van der Waals surface area (Å²) in [5, 5.41) is 0. The highest BCUT2D eigenvalue weighted by atomic mass is 32.2. The first kappa shape index (κ1) is 12.2. The van der Waals surface area contributed by atoms with Crippen molar-refractivity contribution in [2.45, 2.75) is 30.5 Å². The quantitative estimate of drug-likeness (QED) is 0.746. The van der Waals surface area contributed by atoms with Crippen LogP contribution in [0.4, 0.5) is 0 Å². The summed E-state index contributed by atoms with van der Waals surface area (Å²) in [6.45, 7) is 2.22. The van der Waals surface area contributed by atoms with E-state index in [0.717, 1.165) is 18.6 Å². The van der Waals surface area contributed by atoms with Crippen LogP contribution in [0.5, 0.6) is 5.75 Å². The minimum atomic E-state index is -0.0512. The number of hydrogen-bond donors (Lipinski definition) is 0. The van der Waals surface area contributed by atoms with Gasteiger partial charge in [0.25, 0.3) is 0 Å². The highest BCUT2D eigenvalue weighted by molar-refractivity contribution is 8.17. The van der Waals surface area contributed by atoms with Gasteiger partial charge >= 0.3 is 0 Å². The Morgan fingerprint density at radius 1 is 1.38 bits per heavy atom. The van der Waals surface area contributed by atoms with Crippen molar-refractivity contribution in [3.05, 3.63) is 29.8 Å². The van der Waals surface area contributed by atoms with E-state index >= 15 is 0 Å². The second kappa shape index (κ2) is 5.37. The number of rotatable bonds is 4. The van der Waals surface area contributed by atoms with E-state index in [1.807, 2.05) is 23.5 Å². The minimum Gasteiger partial charge on any atom is -0.467 e. The molecule has 2 rings (SSSR count). The fourth-order valence-electron chi connectivity index (χ4n) is 1.88. The zero-order valence-corrected chi connectivity index (χ0v) is 11.5. The van der Waals surface area contributed by atoms with Crippen LogP contribution in [0.2, 0.25) is 0 Å². The Morgan fingerprint density at radius 2 is 2.19 bits per heavy atom. The Bertz CT molecular complexity index is 354. The molecule has 1 nitrogen and oxygen atoms in total. The molecule has 0 amide bonds. The van der Waals surface area contributed by atoms with E-state index in [4.69, 9.17) is 4.74 Å². The molecule has 0 fully saturated rings. The number of fused-ring (bicyclic) bond motifs is 1. The largest absolute Gasteiger partial charge is 0.467 e. The number of ether oxygens (including phenoxy) is 1. The molecule has 0 aliphatic carbocycles. The first-order valence-corrected chi connectivity index (χ1v) is 7.97. The summed E-state index contributed by atoms with van der Waals surface area (Å²) in [6, 6.07) is 8.41. The molecular weight excluding hydrogens is 236 g/mol. The Morgan fingerprint density at radius 3 is 2.94 bits per heavy atom. The van der Waals surface area contributed by atoms with Crippen LogP contribution in [0.1, 0.15) is 25.3 Å². The van der Waals surface area contributed by atoms with Crippen molar-refractivity contribution in [1.82, 2.24) is 0 Å². The third kappa shape index (κ3) is 2.51. The minimum absolute atomic E-state index is 0.0512. The first-order valence-electron chi connectivity index (χ1n) is 5.75. The molecule has 1 aliphatic rings. The van der Waals surface area contributed by atoms with E-state index in [-0.39, 0.29) is 4.27 Å². The van der Waals surface area contributed by atoms with Gasteiger partial charge in [0, 0.05) is 6.42 Å². The molecule has 88 valence electrons. The molecule has 0 N–H and O–H groups in total. The lowest BCUT2D eigenvalue weighted by Gasteiger charge is -2.36. The molecule has 1 aliphatic heterocycles. The topological polar surface area (TPSA) is 9.23 Å². The average molecular weight is 254 g/mol. The number of aryl methyl sites for hydroxylation is 1. The van der Waals surface area contributed by atoms with Gasteiger partial charge in [-0.2, -0.15) is 0 Å². The van der Waals surface area contributed by atoms with Gasteiger partial charge in [-0.25, -0.2) is 0 Å². The van der Waals surface area contributed by atoms with Crippen LogP contribution in [0.15, 0.2) is 24.3 Å². The van der Waals surface area contributed by atoms with Crippen molar-refractivity contribution < 1.29 is 4.74 Å². The van der Waals surface area contributed by atoms with Gasteiger partial charge in [0.05, 0.1) is 0 Å². The Kier molecular flexibility index (Phi) is 4.09. The molecule has 1 unspecified atom stereocenters. The van der Waals surface area contributed by atoms with Crippen LogP contribution in [-0.4, -0.2) is 16.3 Å². The van der Waals surface area contributed by atoms with Crippen LogP contribution in [-0.2, 0) is 6.42 Å². The SMILES string of the molecule is CCCSC1(SC)CCc2ccccc2O1. The molecule has 16 heavy (non-hydrogen) atoms. The zero-order chi connectivity index (χ0) is 11.4. The van der Waals surface area contributed by atoms with Crippen molar-refractivity contribution in [3.63, 3.8) is 0 Å². The fourth-order valence-corrected chi connectivity index (χ4v) is 3.99. The summed E-state index contributed by atoms with van der Waals surface area (Å²) < 4.78 is 6.15. The highest BCUT2D eigenvalue weighted by Gasteiger charge is 2.35. The zero-order valence-electron chi connectivity index (χ0n) is 9.86. The summed E-state index contributed by atoms with van der Waals surface area (Å²) in [4.78, 5) is 0. The molecule has 0 spiro atoms. The highest BCUT2D eigenvalue weighted by Crippen LogP contribution is 2.46. The predicted octanol–water partition coefficient (Wildman–Crippen LogP) is 4.17. The van der Waals surface area contributed by atoms with Crippen LogP contribution >= 0.6 is 23.5 Å². The van der Waals surface area contributed by atoms with E-state index in [2.05, 4.69) is 37.4 Å². The van der Waals surface area contributed by atoms with Gasteiger partial charge in [-0.15, -0.1) is 23.5 Å². The standard InChI is InChI=1S/C13H18OS2/c1-3-10-16-13(15-2)9-8-11-6-4-5-7-12(11)14-13/h4-7H,3,8-10H2,1-2H3. The Labute approximate surface area is 106 Å². The summed E-state index contributed by atoms with van der Waals surface area (Å²) >= 11 is 3.79. The van der Waals surface area contributed by atoms with Crippen LogP contribution in [0, 0.1) is 0 Å². The van der Waals surface area contributed by atoms with Gasteiger partial charge in [0.1, 0.15) is 5.75 Å². The molecule has 0 aromatic heterocycles. The van der Waals surface area contributed by atoms with Gasteiger partial charge in [-0.3, -0.25) is 0 Å². The number of benzene rings is 1. The molecule has 0 bridgehead atoms. The van der Waals surface area contributed by atoms with Gasteiger partial charge in [-0.05, 0) is 36.5 Å². The smallest absolute Gasteiger partial charge is 0.201 e. The fraction of sp³-hybridized carbons (Fsp3) is 0.538. The van der Waals surface area contributed by atoms with E-state index < -0.39 is 0 Å². The molecule has 0 saturated carbocycles. The lowest BCUT2D eigenvalue weighted by Crippen LogP contribution is -2.32. The molecular formula is C13H18OS2. The van der Waals surface area contributed by atoms with Crippen molar-refractivity contribution in [1.29, 1.82) is 0 Å². The summed E-state index contributed by atoms with van der Waals surface area (Å²) in [6.07, 6.45) is 5.60. The normalized spacial score (nSPS) is 23.6. The lowest BCUT2D eigenvalue weighted by atomic mass is 10.1. The van der Waals surface area contributed by atoms with Crippen LogP contribution in [0.25, 0.3) is 0 Å². The van der Waals surface area contributed by atoms with Gasteiger partial charge < -0.3 is 4.74 Å². The van der Waals surface area contributed by atoms with Crippen molar-refractivity contribution in [2.75, 3.05) is 12.0 Å². The maximum Gasteiger partial charge on any atom is 0.201 e. The van der Waals surface area contributed by atoms with Crippen LogP contribution in [0.3, 0.4) is 0 Å². The van der Waals surface area contributed by atoms with Crippen molar-refractivity contribution in [3.8, 4) is 5.75 Å². The lowest BCUT2D eigenvalue weighted by molar-refractivity contribution is 0.225. The summed E-state index contributed by atoms with van der Waals surface area (Å²) in [5.41, 5.74) is 1.35. The molecule has 0 radical (unpaired) electrons. The molecule has 1 aromatic carbocycles. The number of thioether (sulfide) groups is 2. The van der Waals surface area contributed by atoms with Gasteiger partial charge in [0.15, 0.2) is 0 Å². The van der Waals surface area contributed by atoms with E-state index in [1.165, 1.54) is 17.7 Å². The molecule has 1 atom stereocenters. The van der Waals surface area contributed by atoms with E-state index in [1.54, 1.807) is 0 Å². The van der Waals surface area contributed by atoms with Crippen molar-refractivity contribution in [2.24, 2.45) is 0 Å². The molecule has 0 saturated heterocycles. The van der Waals surface area contributed by atoms with Gasteiger partial charge in [-0.1, -0.05) is 25.1 Å². The number of hydrogen-bond acceptors (Lipinski definition) is 3. The van der Waals surface area contributed by atoms with E-state index in [9.17, 15) is 0 Å². The number of para-hydroxylation sites is 1. The second-order valence-corrected chi connectivity index (χ2v) is 6.63. The van der Waals surface area contributed by atoms with Crippen LogP contribution < -0.4 is 4.74 Å². The molecule has 1 aromatic rings. The van der Waals surface area contributed by atoms with Crippen molar-refractivity contribution >= 4 is 23.5 Å². The molecule has 3 heteroatoms. The monoisotopic (exact) mass is 254 g/mol. The molecule has 1 heterocycles.